The molecular formula is C8H17N3O2S. The van der Waals surface area contributed by atoms with Crippen LogP contribution < -0.4 is 4.72 Å². The van der Waals surface area contributed by atoms with Gasteiger partial charge in [-0.3, -0.25) is 0 Å². The van der Waals surface area contributed by atoms with E-state index in [9.17, 15) is 8.42 Å². The predicted octanol–water partition coefficient (Wildman–Crippen LogP) is -0.230. The van der Waals surface area contributed by atoms with Crippen molar-refractivity contribution in [3.63, 3.8) is 0 Å². The van der Waals surface area contributed by atoms with Crippen LogP contribution in [0, 0.1) is 11.3 Å². The lowest BCUT2D eigenvalue weighted by Crippen LogP contribution is -2.48. The van der Waals surface area contributed by atoms with Crippen molar-refractivity contribution in [1.82, 2.24) is 9.62 Å². The van der Waals surface area contributed by atoms with Crippen LogP contribution in [-0.2, 0) is 10.0 Å². The third-order valence-corrected chi connectivity index (χ3v) is 3.28. The van der Waals surface area contributed by atoms with Gasteiger partial charge in [-0.2, -0.15) is 5.26 Å². The van der Waals surface area contributed by atoms with E-state index in [0.717, 1.165) is 0 Å². The van der Waals surface area contributed by atoms with Crippen molar-refractivity contribution in [3.05, 3.63) is 0 Å². The summed E-state index contributed by atoms with van der Waals surface area (Å²) in [7, 11) is 0.311. The molecule has 5 nitrogen and oxygen atoms in total. The van der Waals surface area contributed by atoms with E-state index >= 15 is 0 Å². The van der Waals surface area contributed by atoms with Crippen LogP contribution in [0.25, 0.3) is 0 Å². The lowest BCUT2D eigenvalue weighted by Gasteiger charge is -2.32. The average Bonchev–Trinajstić information content (AvgIpc) is 2.01. The molecule has 14 heavy (non-hydrogen) atoms. The van der Waals surface area contributed by atoms with Crippen molar-refractivity contribution in [2.75, 3.05) is 26.4 Å². The third-order valence-electron chi connectivity index (χ3n) is 2.19. The van der Waals surface area contributed by atoms with Gasteiger partial charge in [-0.15, -0.1) is 0 Å². The molecule has 0 radical (unpaired) electrons. The molecule has 0 spiro atoms. The average molecular weight is 219 g/mol. The minimum atomic E-state index is -3.44. The summed E-state index contributed by atoms with van der Waals surface area (Å²) in [4.78, 5) is 1.92. The lowest BCUT2D eigenvalue weighted by molar-refractivity contribution is 0.199. The monoisotopic (exact) mass is 219 g/mol. The molecule has 0 aromatic carbocycles. The van der Waals surface area contributed by atoms with Crippen LogP contribution in [0.3, 0.4) is 0 Å². The highest BCUT2D eigenvalue weighted by atomic mass is 32.2. The SMILES string of the molecule is CN(C)C(C)(C)CNS(=O)(=O)CC#N. The second-order valence-corrected chi connectivity index (χ2v) is 5.75. The van der Waals surface area contributed by atoms with Crippen LogP contribution >= 0.6 is 0 Å². The minimum absolute atomic E-state index is 0.261. The Morgan fingerprint density at radius 3 is 2.29 bits per heavy atom. The van der Waals surface area contributed by atoms with Crippen LogP contribution in [0.4, 0.5) is 0 Å². The summed E-state index contributed by atoms with van der Waals surface area (Å²) in [5.41, 5.74) is -0.261. The molecule has 0 bridgehead atoms. The summed E-state index contributed by atoms with van der Waals surface area (Å²) in [5, 5.41) is 8.26. The maximum Gasteiger partial charge on any atom is 0.225 e. The Morgan fingerprint density at radius 1 is 1.43 bits per heavy atom. The van der Waals surface area contributed by atoms with Gasteiger partial charge >= 0.3 is 0 Å². The van der Waals surface area contributed by atoms with E-state index < -0.39 is 15.8 Å². The molecule has 0 amide bonds. The molecule has 0 atom stereocenters. The first kappa shape index (κ1) is 13.4. The third kappa shape index (κ3) is 4.56. The maximum atomic E-state index is 11.1. The van der Waals surface area contributed by atoms with E-state index in [0.29, 0.717) is 6.54 Å². The van der Waals surface area contributed by atoms with Crippen LogP contribution in [0.2, 0.25) is 0 Å². The standard InChI is InChI=1S/C8H17N3O2S/c1-8(2,11(3)4)7-10-14(12,13)6-5-9/h10H,6-7H2,1-4H3. The highest BCUT2D eigenvalue weighted by Crippen LogP contribution is 2.08. The van der Waals surface area contributed by atoms with E-state index in [1.165, 1.54) is 0 Å². The molecule has 82 valence electrons. The summed E-state index contributed by atoms with van der Waals surface area (Å²) in [6.45, 7) is 4.13. The van der Waals surface area contributed by atoms with Gasteiger partial charge in [0, 0.05) is 12.1 Å². The number of hydrogen-bond donors (Lipinski definition) is 1. The zero-order chi connectivity index (χ0) is 11.4. The molecule has 0 aliphatic heterocycles. The zero-order valence-corrected chi connectivity index (χ0v) is 9.85. The Hall–Kier alpha value is -0.640. The van der Waals surface area contributed by atoms with E-state index in [2.05, 4.69) is 4.72 Å². The van der Waals surface area contributed by atoms with Gasteiger partial charge < -0.3 is 4.90 Å². The molecule has 6 heteroatoms. The van der Waals surface area contributed by atoms with Crippen LogP contribution in [-0.4, -0.2) is 45.2 Å². The maximum absolute atomic E-state index is 11.1. The number of sulfonamides is 1. The van der Waals surface area contributed by atoms with Gasteiger partial charge in [0.05, 0.1) is 6.07 Å². The van der Waals surface area contributed by atoms with Gasteiger partial charge in [0.2, 0.25) is 10.0 Å². The smallest absolute Gasteiger partial charge is 0.225 e. The number of nitriles is 1. The molecule has 0 saturated carbocycles. The molecule has 0 fully saturated rings. The zero-order valence-electron chi connectivity index (χ0n) is 9.03. The van der Waals surface area contributed by atoms with Gasteiger partial charge in [0.1, 0.15) is 0 Å². The van der Waals surface area contributed by atoms with Crippen molar-refractivity contribution in [3.8, 4) is 6.07 Å². The van der Waals surface area contributed by atoms with Gasteiger partial charge in [0.25, 0.3) is 0 Å². The van der Waals surface area contributed by atoms with E-state index in [1.807, 2.05) is 32.8 Å². The Bertz CT molecular complexity index is 314. The Morgan fingerprint density at radius 2 is 1.93 bits per heavy atom. The largest absolute Gasteiger partial charge is 0.303 e. The van der Waals surface area contributed by atoms with Gasteiger partial charge in [0.15, 0.2) is 5.75 Å². The first-order valence-corrected chi connectivity index (χ1v) is 5.88. The highest BCUT2D eigenvalue weighted by molar-refractivity contribution is 7.89. The summed E-state index contributed by atoms with van der Waals surface area (Å²) in [5.74, 6) is -0.490. The number of hydrogen-bond acceptors (Lipinski definition) is 4. The molecule has 1 N–H and O–H groups in total. The Balaban J connectivity index is 4.27. The number of nitrogens with zero attached hydrogens (tertiary/aromatic N) is 2. The summed E-state index contributed by atoms with van der Waals surface area (Å²) in [6, 6.07) is 1.61. The molecule has 0 heterocycles. The lowest BCUT2D eigenvalue weighted by atomic mass is 10.1. The van der Waals surface area contributed by atoms with Gasteiger partial charge in [-0.25, -0.2) is 13.1 Å². The summed E-state index contributed by atoms with van der Waals surface area (Å²) < 4.78 is 24.7. The second kappa shape index (κ2) is 4.73. The first-order valence-electron chi connectivity index (χ1n) is 4.23. The Labute approximate surface area is 85.8 Å². The normalized spacial score (nSPS) is 12.9. The molecule has 0 aromatic heterocycles. The summed E-state index contributed by atoms with van der Waals surface area (Å²) >= 11 is 0. The second-order valence-electron chi connectivity index (χ2n) is 3.95. The fourth-order valence-electron chi connectivity index (χ4n) is 0.581. The first-order chi connectivity index (χ1) is 6.21. The van der Waals surface area contributed by atoms with Gasteiger partial charge in [-0.05, 0) is 27.9 Å². The van der Waals surface area contributed by atoms with Crippen molar-refractivity contribution >= 4 is 10.0 Å². The number of likely N-dealkylation sites (N-methyl/N-ethyl adjacent to an activating group) is 1. The summed E-state index contributed by atoms with van der Waals surface area (Å²) in [6.07, 6.45) is 0. The molecule has 0 rings (SSSR count). The molecule has 0 unspecified atom stereocenters. The quantitative estimate of drug-likeness (QED) is 0.693. The van der Waals surface area contributed by atoms with E-state index in [4.69, 9.17) is 5.26 Å². The fraction of sp³-hybridized carbons (Fsp3) is 0.875. The van der Waals surface area contributed by atoms with Crippen LogP contribution in [0.5, 0.6) is 0 Å². The van der Waals surface area contributed by atoms with Crippen molar-refractivity contribution in [1.29, 1.82) is 5.26 Å². The minimum Gasteiger partial charge on any atom is -0.303 e. The number of nitrogens with one attached hydrogen (secondary N) is 1. The molecule has 0 aliphatic rings. The molecule has 0 aliphatic carbocycles. The fourth-order valence-corrected chi connectivity index (χ4v) is 1.43. The predicted molar refractivity (Wildman–Crippen MR) is 55.2 cm³/mol. The molecule has 0 saturated heterocycles. The Kier molecular flexibility index (Phi) is 4.52. The number of rotatable bonds is 5. The van der Waals surface area contributed by atoms with Crippen molar-refractivity contribution in [2.24, 2.45) is 0 Å². The molecular weight excluding hydrogens is 202 g/mol. The van der Waals surface area contributed by atoms with Crippen LogP contribution in [0.15, 0.2) is 0 Å². The molecule has 0 aromatic rings. The van der Waals surface area contributed by atoms with Crippen molar-refractivity contribution in [2.45, 2.75) is 19.4 Å². The van der Waals surface area contributed by atoms with Crippen molar-refractivity contribution < 1.29 is 8.42 Å². The van der Waals surface area contributed by atoms with Crippen LogP contribution in [0.1, 0.15) is 13.8 Å². The highest BCUT2D eigenvalue weighted by Gasteiger charge is 2.22. The van der Waals surface area contributed by atoms with Gasteiger partial charge in [-0.1, -0.05) is 0 Å². The van der Waals surface area contributed by atoms with E-state index in [-0.39, 0.29) is 5.54 Å². The van der Waals surface area contributed by atoms with E-state index in [1.54, 1.807) is 6.07 Å². The topological polar surface area (TPSA) is 73.2 Å².